The van der Waals surface area contributed by atoms with Crippen molar-refractivity contribution in [3.05, 3.63) is 22.4 Å². The molecule has 6 heteroatoms. The Bertz CT molecular complexity index is 327. The molecule has 0 saturated heterocycles. The number of anilines is 1. The van der Waals surface area contributed by atoms with Gasteiger partial charge in [0.15, 0.2) is 0 Å². The Morgan fingerprint density at radius 1 is 1.77 bits per heavy atom. The first-order chi connectivity index (χ1) is 6.15. The first-order valence-electron chi connectivity index (χ1n) is 3.68. The minimum Gasteiger partial charge on any atom is -0.478 e. The van der Waals surface area contributed by atoms with Crippen LogP contribution in [0.1, 0.15) is 6.92 Å². The molecule has 0 amide bonds. The molecule has 1 heterocycles. The molecule has 0 unspecified atom stereocenters. The molecule has 0 aliphatic rings. The molecule has 0 radical (unpaired) electrons. The van der Waals surface area contributed by atoms with Gasteiger partial charge in [-0.1, -0.05) is 0 Å². The van der Waals surface area contributed by atoms with E-state index in [0.717, 1.165) is 6.20 Å². The topological polar surface area (TPSA) is 91.3 Å². The fourth-order valence-corrected chi connectivity index (χ4v) is 0.823. The van der Waals surface area contributed by atoms with Gasteiger partial charge in [-0.15, -0.1) is 0 Å². The van der Waals surface area contributed by atoms with E-state index < -0.39 is 4.92 Å². The molecular formula is C7H9N3O3. The maximum absolute atomic E-state index is 10.3. The lowest BCUT2D eigenvalue weighted by Gasteiger charge is -2.01. The summed E-state index contributed by atoms with van der Waals surface area (Å²) in [7, 11) is 0. The van der Waals surface area contributed by atoms with Crippen LogP contribution in [0, 0.1) is 10.1 Å². The molecule has 0 aliphatic carbocycles. The van der Waals surface area contributed by atoms with Gasteiger partial charge in [-0.25, -0.2) is 4.98 Å². The van der Waals surface area contributed by atoms with Crippen molar-refractivity contribution in [2.45, 2.75) is 6.92 Å². The van der Waals surface area contributed by atoms with Crippen molar-refractivity contribution in [3.8, 4) is 5.88 Å². The standard InChI is InChI=1S/C7H9N3O3/c1-2-13-7-3-5(8)6(4-9-7)10(11)12/h3-4H,2H2,1H3,(H2,8,9). The SMILES string of the molecule is CCOc1cc(N)c([N+](=O)[O-])cn1. The van der Waals surface area contributed by atoms with Crippen LogP contribution in [0.3, 0.4) is 0 Å². The summed E-state index contributed by atoms with van der Waals surface area (Å²) in [5.74, 6) is 0.297. The van der Waals surface area contributed by atoms with Gasteiger partial charge >= 0.3 is 5.69 Å². The Morgan fingerprint density at radius 2 is 2.46 bits per heavy atom. The van der Waals surface area contributed by atoms with E-state index in [9.17, 15) is 10.1 Å². The number of hydrogen-bond donors (Lipinski definition) is 1. The minimum absolute atomic E-state index is 0.0588. The summed E-state index contributed by atoms with van der Waals surface area (Å²) in [5.41, 5.74) is 5.24. The van der Waals surface area contributed by atoms with Crippen molar-refractivity contribution in [1.82, 2.24) is 4.98 Å². The van der Waals surface area contributed by atoms with Crippen LogP contribution < -0.4 is 10.5 Å². The minimum atomic E-state index is -0.585. The zero-order valence-electron chi connectivity index (χ0n) is 7.06. The van der Waals surface area contributed by atoms with Crippen molar-refractivity contribution in [2.75, 3.05) is 12.3 Å². The van der Waals surface area contributed by atoms with Crippen LogP contribution in [0.25, 0.3) is 0 Å². The maximum Gasteiger partial charge on any atom is 0.310 e. The smallest absolute Gasteiger partial charge is 0.310 e. The van der Waals surface area contributed by atoms with Crippen LogP contribution in [-0.2, 0) is 0 Å². The van der Waals surface area contributed by atoms with E-state index in [4.69, 9.17) is 10.5 Å². The number of nitrogens with two attached hydrogens (primary N) is 1. The first kappa shape index (κ1) is 9.24. The van der Waals surface area contributed by atoms with Gasteiger partial charge in [0.05, 0.1) is 11.5 Å². The lowest BCUT2D eigenvalue weighted by atomic mass is 10.3. The molecule has 0 spiro atoms. The van der Waals surface area contributed by atoms with Crippen LogP contribution in [-0.4, -0.2) is 16.5 Å². The van der Waals surface area contributed by atoms with Gasteiger partial charge in [-0.3, -0.25) is 10.1 Å². The quantitative estimate of drug-likeness (QED) is 0.556. The highest BCUT2D eigenvalue weighted by Crippen LogP contribution is 2.22. The largest absolute Gasteiger partial charge is 0.478 e. The highest BCUT2D eigenvalue weighted by molar-refractivity contribution is 5.57. The van der Waals surface area contributed by atoms with E-state index in [1.165, 1.54) is 6.07 Å². The Kier molecular flexibility index (Phi) is 2.63. The second-order valence-electron chi connectivity index (χ2n) is 2.27. The molecule has 1 aromatic rings. The first-order valence-corrected chi connectivity index (χ1v) is 3.68. The van der Waals surface area contributed by atoms with Gasteiger partial charge in [-0.05, 0) is 6.92 Å². The highest BCUT2D eigenvalue weighted by Gasteiger charge is 2.12. The van der Waals surface area contributed by atoms with Crippen LogP contribution in [0.4, 0.5) is 11.4 Å². The third-order valence-electron chi connectivity index (χ3n) is 1.38. The Morgan fingerprint density at radius 3 is 2.92 bits per heavy atom. The van der Waals surface area contributed by atoms with E-state index in [1.807, 2.05) is 0 Å². The van der Waals surface area contributed by atoms with Crippen LogP contribution >= 0.6 is 0 Å². The van der Waals surface area contributed by atoms with Crippen molar-refractivity contribution in [2.24, 2.45) is 0 Å². The van der Waals surface area contributed by atoms with Crippen molar-refractivity contribution in [1.29, 1.82) is 0 Å². The van der Waals surface area contributed by atoms with Gasteiger partial charge in [0.1, 0.15) is 11.9 Å². The molecule has 0 atom stereocenters. The Balaban J connectivity index is 2.98. The zero-order chi connectivity index (χ0) is 9.84. The summed E-state index contributed by atoms with van der Waals surface area (Å²) in [4.78, 5) is 13.5. The number of rotatable bonds is 3. The van der Waals surface area contributed by atoms with E-state index in [-0.39, 0.29) is 11.4 Å². The van der Waals surface area contributed by atoms with E-state index in [1.54, 1.807) is 6.92 Å². The molecule has 70 valence electrons. The predicted molar refractivity (Wildman–Crippen MR) is 46.5 cm³/mol. The molecule has 0 saturated carbocycles. The molecule has 0 bridgehead atoms. The van der Waals surface area contributed by atoms with Gasteiger partial charge in [0.2, 0.25) is 5.88 Å². The molecule has 13 heavy (non-hydrogen) atoms. The molecule has 2 N–H and O–H groups in total. The Labute approximate surface area is 74.5 Å². The number of nitrogens with zero attached hydrogens (tertiary/aromatic N) is 2. The summed E-state index contributed by atoms with van der Waals surface area (Å²) in [6, 6.07) is 1.33. The summed E-state index contributed by atoms with van der Waals surface area (Å²) >= 11 is 0. The summed E-state index contributed by atoms with van der Waals surface area (Å²) in [6.07, 6.45) is 1.08. The third-order valence-corrected chi connectivity index (χ3v) is 1.38. The van der Waals surface area contributed by atoms with Gasteiger partial charge in [-0.2, -0.15) is 0 Å². The Hall–Kier alpha value is -1.85. The maximum atomic E-state index is 10.3. The van der Waals surface area contributed by atoms with Crippen LogP contribution in [0.15, 0.2) is 12.3 Å². The monoisotopic (exact) mass is 183 g/mol. The second-order valence-corrected chi connectivity index (χ2v) is 2.27. The molecular weight excluding hydrogens is 174 g/mol. The summed E-state index contributed by atoms with van der Waals surface area (Å²) in [5, 5.41) is 10.3. The van der Waals surface area contributed by atoms with Crippen molar-refractivity contribution in [3.63, 3.8) is 0 Å². The normalized spacial score (nSPS) is 9.62. The number of hydrogen-bond acceptors (Lipinski definition) is 5. The van der Waals surface area contributed by atoms with Gasteiger partial charge < -0.3 is 10.5 Å². The predicted octanol–water partition coefficient (Wildman–Crippen LogP) is 0.971. The van der Waals surface area contributed by atoms with E-state index >= 15 is 0 Å². The molecule has 0 fully saturated rings. The number of aromatic nitrogens is 1. The molecule has 1 rings (SSSR count). The van der Waals surface area contributed by atoms with Crippen LogP contribution in [0.2, 0.25) is 0 Å². The average Bonchev–Trinajstić information content (AvgIpc) is 2.04. The van der Waals surface area contributed by atoms with Gasteiger partial charge in [0, 0.05) is 6.07 Å². The molecule has 1 aromatic heterocycles. The third kappa shape index (κ3) is 2.05. The molecule has 0 aromatic carbocycles. The number of nitro groups is 1. The fraction of sp³-hybridized carbons (Fsp3) is 0.286. The summed E-state index contributed by atoms with van der Waals surface area (Å²) in [6.45, 7) is 2.24. The van der Waals surface area contributed by atoms with E-state index in [0.29, 0.717) is 12.5 Å². The second kappa shape index (κ2) is 3.70. The van der Waals surface area contributed by atoms with Crippen molar-refractivity contribution < 1.29 is 9.66 Å². The number of pyridine rings is 1. The lowest BCUT2D eigenvalue weighted by molar-refractivity contribution is -0.384. The average molecular weight is 183 g/mol. The van der Waals surface area contributed by atoms with E-state index in [2.05, 4.69) is 4.98 Å². The highest BCUT2D eigenvalue weighted by atomic mass is 16.6. The molecule has 0 aliphatic heterocycles. The lowest BCUT2D eigenvalue weighted by Crippen LogP contribution is -1.99. The number of ether oxygens (including phenoxy) is 1. The molecule has 6 nitrogen and oxygen atoms in total. The summed E-state index contributed by atoms with van der Waals surface area (Å²) < 4.78 is 5.01. The zero-order valence-corrected chi connectivity index (χ0v) is 7.06. The van der Waals surface area contributed by atoms with Crippen molar-refractivity contribution >= 4 is 11.4 Å². The number of nitrogen functional groups attached to an aromatic ring is 1. The van der Waals surface area contributed by atoms with Crippen LogP contribution in [0.5, 0.6) is 5.88 Å². The van der Waals surface area contributed by atoms with Gasteiger partial charge in [0.25, 0.3) is 0 Å². The fourth-order valence-electron chi connectivity index (χ4n) is 0.823.